The normalized spacial score (nSPS) is 10.7. The quantitative estimate of drug-likeness (QED) is 0.579. The Morgan fingerprint density at radius 3 is 2.53 bits per heavy atom. The number of nitrogen functional groups attached to an aromatic ring is 1. The third-order valence-electron chi connectivity index (χ3n) is 2.41. The monoisotopic (exact) mass is 207 g/mol. The lowest BCUT2D eigenvalue weighted by atomic mass is 10.1. The van der Waals surface area contributed by atoms with Gasteiger partial charge in [0.05, 0.1) is 5.56 Å². The van der Waals surface area contributed by atoms with Gasteiger partial charge in [0, 0.05) is 12.2 Å². The molecule has 1 aromatic heterocycles. The number of rotatable bonds is 3. The van der Waals surface area contributed by atoms with E-state index in [2.05, 4.69) is 0 Å². The molecule has 0 atom stereocenters. The average molecular weight is 207 g/mol. The second-order valence-corrected chi connectivity index (χ2v) is 3.79. The Balaban J connectivity index is 3.46. The van der Waals surface area contributed by atoms with Crippen molar-refractivity contribution in [2.75, 3.05) is 0 Å². The van der Waals surface area contributed by atoms with E-state index in [4.69, 9.17) is 11.1 Å². The van der Waals surface area contributed by atoms with Crippen molar-refractivity contribution in [3.8, 4) is 0 Å². The summed E-state index contributed by atoms with van der Waals surface area (Å²) in [4.78, 5) is 11.9. The van der Waals surface area contributed by atoms with Crippen LogP contribution in [0.3, 0.4) is 0 Å². The zero-order chi connectivity index (χ0) is 11.6. The van der Waals surface area contributed by atoms with Gasteiger partial charge in [-0.2, -0.15) is 0 Å². The highest BCUT2D eigenvalue weighted by atomic mass is 16.1. The molecule has 0 amide bonds. The summed E-state index contributed by atoms with van der Waals surface area (Å²) in [5.41, 5.74) is 6.42. The zero-order valence-electron chi connectivity index (χ0n) is 9.37. The topological polar surface area (TPSA) is 71.9 Å². The third kappa shape index (κ3) is 2.09. The molecule has 0 bridgehead atoms. The van der Waals surface area contributed by atoms with Gasteiger partial charge in [-0.1, -0.05) is 13.8 Å². The van der Waals surface area contributed by atoms with Crippen LogP contribution in [0.5, 0.6) is 0 Å². The minimum atomic E-state index is -0.170. The summed E-state index contributed by atoms with van der Waals surface area (Å²) in [6.07, 6.45) is 0. The van der Waals surface area contributed by atoms with Crippen LogP contribution in [-0.4, -0.2) is 10.4 Å². The molecule has 1 aromatic rings. The van der Waals surface area contributed by atoms with Crippen LogP contribution >= 0.6 is 0 Å². The summed E-state index contributed by atoms with van der Waals surface area (Å²) < 4.78 is 1.67. The lowest BCUT2D eigenvalue weighted by Crippen LogP contribution is -2.31. The number of nitrogens with zero attached hydrogens (tertiary/aromatic N) is 1. The van der Waals surface area contributed by atoms with E-state index in [1.165, 1.54) is 0 Å². The maximum Gasteiger partial charge on any atom is 0.261 e. The van der Waals surface area contributed by atoms with Gasteiger partial charge in [0.2, 0.25) is 0 Å². The van der Waals surface area contributed by atoms with E-state index in [1.807, 2.05) is 26.8 Å². The molecule has 0 aliphatic carbocycles. The second-order valence-electron chi connectivity index (χ2n) is 3.79. The van der Waals surface area contributed by atoms with Crippen molar-refractivity contribution in [2.24, 2.45) is 5.73 Å². The molecule has 0 fully saturated rings. The first-order valence-corrected chi connectivity index (χ1v) is 5.07. The molecule has 0 spiro atoms. The smallest absolute Gasteiger partial charge is 0.261 e. The van der Waals surface area contributed by atoms with Crippen LogP contribution in [-0.2, 0) is 6.54 Å². The molecule has 1 heterocycles. The van der Waals surface area contributed by atoms with Crippen LogP contribution in [0.2, 0.25) is 0 Å². The largest absolute Gasteiger partial charge is 0.384 e. The molecule has 1 rings (SSSR count). The van der Waals surface area contributed by atoms with Gasteiger partial charge in [0.25, 0.3) is 5.56 Å². The van der Waals surface area contributed by atoms with Crippen LogP contribution in [0.1, 0.15) is 37.9 Å². The SMILES string of the molecule is CCn1c(C(C)C)ccc(C(=N)N)c1=O. The van der Waals surface area contributed by atoms with Gasteiger partial charge in [-0.05, 0) is 25.0 Å². The van der Waals surface area contributed by atoms with Crippen molar-refractivity contribution in [2.45, 2.75) is 33.2 Å². The molecule has 0 aromatic carbocycles. The summed E-state index contributed by atoms with van der Waals surface area (Å²) in [5, 5.41) is 7.29. The third-order valence-corrected chi connectivity index (χ3v) is 2.41. The van der Waals surface area contributed by atoms with Crippen molar-refractivity contribution in [1.29, 1.82) is 5.41 Å². The first-order valence-electron chi connectivity index (χ1n) is 5.07. The molecule has 0 unspecified atom stereocenters. The van der Waals surface area contributed by atoms with E-state index in [0.29, 0.717) is 12.5 Å². The fourth-order valence-electron chi connectivity index (χ4n) is 1.63. The number of nitrogens with one attached hydrogen (secondary N) is 1. The summed E-state index contributed by atoms with van der Waals surface area (Å²) >= 11 is 0. The molecule has 0 aliphatic rings. The Labute approximate surface area is 89.2 Å². The van der Waals surface area contributed by atoms with Crippen molar-refractivity contribution < 1.29 is 0 Å². The molecule has 82 valence electrons. The second kappa shape index (κ2) is 4.29. The van der Waals surface area contributed by atoms with Gasteiger partial charge < -0.3 is 10.3 Å². The molecule has 3 N–H and O–H groups in total. The van der Waals surface area contributed by atoms with Crippen molar-refractivity contribution in [3.05, 3.63) is 33.7 Å². The van der Waals surface area contributed by atoms with Gasteiger partial charge >= 0.3 is 0 Å². The van der Waals surface area contributed by atoms with E-state index < -0.39 is 0 Å². The van der Waals surface area contributed by atoms with Crippen LogP contribution < -0.4 is 11.3 Å². The molecule has 0 radical (unpaired) electrons. The molecule has 4 nitrogen and oxygen atoms in total. The van der Waals surface area contributed by atoms with Gasteiger partial charge in [-0.3, -0.25) is 10.2 Å². The lowest BCUT2D eigenvalue weighted by Gasteiger charge is -2.14. The average Bonchev–Trinajstić information content (AvgIpc) is 2.16. The van der Waals surface area contributed by atoms with Gasteiger partial charge in [-0.15, -0.1) is 0 Å². The Hall–Kier alpha value is -1.58. The Kier molecular flexibility index (Phi) is 3.29. The minimum Gasteiger partial charge on any atom is -0.384 e. The van der Waals surface area contributed by atoms with Gasteiger partial charge in [-0.25, -0.2) is 0 Å². The number of pyridine rings is 1. The Morgan fingerprint density at radius 1 is 1.53 bits per heavy atom. The minimum absolute atomic E-state index is 0.169. The maximum absolute atomic E-state index is 11.9. The highest BCUT2D eigenvalue weighted by molar-refractivity contribution is 5.94. The molecular weight excluding hydrogens is 190 g/mol. The summed E-state index contributed by atoms with van der Waals surface area (Å²) in [5.74, 6) is 0.121. The molecule has 0 aliphatic heterocycles. The van der Waals surface area contributed by atoms with Gasteiger partial charge in [0.15, 0.2) is 0 Å². The fraction of sp³-hybridized carbons (Fsp3) is 0.455. The number of hydrogen-bond acceptors (Lipinski definition) is 2. The molecule has 0 saturated carbocycles. The number of aromatic nitrogens is 1. The number of hydrogen-bond donors (Lipinski definition) is 2. The standard InChI is InChI=1S/C11H17N3O/c1-4-14-9(7(2)3)6-5-8(10(12)13)11(14)15/h5-7H,4H2,1-3H3,(H3,12,13). The first-order chi connectivity index (χ1) is 6.99. The Bertz CT molecular complexity index is 432. The zero-order valence-corrected chi connectivity index (χ0v) is 9.37. The lowest BCUT2D eigenvalue weighted by molar-refractivity contribution is 0.638. The van der Waals surface area contributed by atoms with E-state index in [9.17, 15) is 4.79 Å². The van der Waals surface area contributed by atoms with Crippen LogP contribution in [0, 0.1) is 5.41 Å². The predicted octanol–water partition coefficient (Wildman–Crippen LogP) is 1.28. The summed E-state index contributed by atoms with van der Waals surface area (Å²) in [6.45, 7) is 6.59. The summed E-state index contributed by atoms with van der Waals surface area (Å²) in [7, 11) is 0. The highest BCUT2D eigenvalue weighted by Gasteiger charge is 2.11. The fourth-order valence-corrected chi connectivity index (χ4v) is 1.63. The number of amidine groups is 1. The predicted molar refractivity (Wildman–Crippen MR) is 61.5 cm³/mol. The molecule has 0 saturated heterocycles. The summed E-state index contributed by atoms with van der Waals surface area (Å²) in [6, 6.07) is 3.50. The Morgan fingerprint density at radius 2 is 2.13 bits per heavy atom. The molecule has 4 heteroatoms. The van der Waals surface area contributed by atoms with Crippen molar-refractivity contribution >= 4 is 5.84 Å². The molecular formula is C11H17N3O. The first kappa shape index (κ1) is 11.5. The van der Waals surface area contributed by atoms with Crippen LogP contribution in [0.25, 0.3) is 0 Å². The van der Waals surface area contributed by atoms with E-state index in [-0.39, 0.29) is 17.0 Å². The van der Waals surface area contributed by atoms with E-state index in [0.717, 1.165) is 5.69 Å². The van der Waals surface area contributed by atoms with Crippen molar-refractivity contribution in [3.63, 3.8) is 0 Å². The molecule has 15 heavy (non-hydrogen) atoms. The highest BCUT2D eigenvalue weighted by Crippen LogP contribution is 2.12. The van der Waals surface area contributed by atoms with Crippen LogP contribution in [0.4, 0.5) is 0 Å². The maximum atomic E-state index is 11.9. The van der Waals surface area contributed by atoms with Crippen molar-refractivity contribution in [1.82, 2.24) is 4.57 Å². The number of nitrogens with two attached hydrogens (primary N) is 1. The van der Waals surface area contributed by atoms with E-state index >= 15 is 0 Å². The van der Waals surface area contributed by atoms with Crippen LogP contribution in [0.15, 0.2) is 16.9 Å². The van der Waals surface area contributed by atoms with E-state index in [1.54, 1.807) is 10.6 Å². The van der Waals surface area contributed by atoms with Gasteiger partial charge in [0.1, 0.15) is 5.84 Å².